The van der Waals surface area contributed by atoms with Gasteiger partial charge in [0.15, 0.2) is 5.71 Å². The zero-order valence-corrected chi connectivity index (χ0v) is 11.3. The van der Waals surface area contributed by atoms with Crippen LogP contribution in [-0.4, -0.2) is 48.2 Å². The number of aliphatic carboxylic acids is 1. The second-order valence-corrected chi connectivity index (χ2v) is 3.94. The van der Waals surface area contributed by atoms with Crippen LogP contribution in [0.15, 0.2) is 39.4 Å². The topological polar surface area (TPSA) is 110 Å². The minimum atomic E-state index is -2.15. The van der Waals surface area contributed by atoms with Gasteiger partial charge in [0.2, 0.25) is 5.90 Å². The van der Waals surface area contributed by atoms with Gasteiger partial charge in [-0.2, -0.15) is 4.99 Å². The maximum atomic E-state index is 13.7. The van der Waals surface area contributed by atoms with Crippen LogP contribution in [-0.2, 0) is 14.4 Å². The minimum absolute atomic E-state index is 0.0369. The first-order chi connectivity index (χ1) is 10.5. The Bertz CT molecular complexity index is 699. The molecule has 22 heavy (non-hydrogen) atoms. The molecule has 8 nitrogen and oxygen atoms in total. The lowest BCUT2D eigenvalue weighted by molar-refractivity contribution is -0.129. The minimum Gasteiger partial charge on any atom is -0.476 e. The van der Waals surface area contributed by atoms with E-state index in [9.17, 15) is 14.0 Å². The van der Waals surface area contributed by atoms with Crippen molar-refractivity contribution in [1.82, 2.24) is 0 Å². The Morgan fingerprint density at radius 2 is 2.14 bits per heavy atom. The fourth-order valence-electron chi connectivity index (χ4n) is 1.62. The summed E-state index contributed by atoms with van der Waals surface area (Å²) in [5.41, 5.74) is -0.397. The van der Waals surface area contributed by atoms with Crippen LogP contribution < -0.4 is 4.74 Å². The summed E-state index contributed by atoms with van der Waals surface area (Å²) in [7, 11) is 1.18. The number of halogens is 1. The van der Waals surface area contributed by atoms with Crippen molar-refractivity contribution in [3.05, 3.63) is 29.8 Å². The van der Waals surface area contributed by atoms with Crippen LogP contribution in [0, 0.1) is 0 Å². The Morgan fingerprint density at radius 1 is 1.41 bits per heavy atom. The molecule has 1 unspecified atom stereocenters. The van der Waals surface area contributed by atoms with Gasteiger partial charge in [0.25, 0.3) is 12.1 Å². The number of hydrogen-bond acceptors (Lipinski definition) is 6. The third kappa shape index (κ3) is 3.14. The molecule has 0 spiro atoms. The maximum Gasteiger partial charge on any atom is 0.358 e. The predicted molar refractivity (Wildman–Crippen MR) is 74.1 cm³/mol. The number of alkyl halides is 1. The smallest absolute Gasteiger partial charge is 0.358 e. The Labute approximate surface area is 123 Å². The van der Waals surface area contributed by atoms with Crippen LogP contribution in [0.25, 0.3) is 0 Å². The lowest BCUT2D eigenvalue weighted by Crippen LogP contribution is -2.32. The summed E-state index contributed by atoms with van der Waals surface area (Å²) in [6.45, 7) is 0. The number of carboxylic acids is 1. The van der Waals surface area contributed by atoms with Crippen LogP contribution in [0.1, 0.15) is 5.56 Å². The fourth-order valence-corrected chi connectivity index (χ4v) is 1.62. The average molecular weight is 307 g/mol. The average Bonchev–Trinajstić information content (AvgIpc) is 2.50. The van der Waals surface area contributed by atoms with E-state index in [1.165, 1.54) is 25.3 Å². The number of nitrogens with zero attached hydrogens (tertiary/aromatic N) is 3. The molecule has 0 bridgehead atoms. The van der Waals surface area contributed by atoms with Crippen molar-refractivity contribution >= 4 is 29.8 Å². The van der Waals surface area contributed by atoms with Crippen molar-refractivity contribution in [2.75, 3.05) is 7.11 Å². The highest BCUT2D eigenvalue weighted by atomic mass is 19.1. The van der Waals surface area contributed by atoms with Crippen molar-refractivity contribution in [1.29, 1.82) is 0 Å². The van der Waals surface area contributed by atoms with Crippen molar-refractivity contribution in [2.24, 2.45) is 15.1 Å². The van der Waals surface area contributed by atoms with Crippen molar-refractivity contribution < 1.29 is 28.7 Å². The molecule has 1 aromatic carbocycles. The molecule has 1 heterocycles. The molecule has 1 aromatic rings. The number of carbonyl (C=O) groups is 2. The predicted octanol–water partition coefficient (Wildman–Crippen LogP) is 0.806. The van der Waals surface area contributed by atoms with E-state index in [2.05, 4.69) is 20.0 Å². The molecular formula is C13H10FN3O5. The Balaban J connectivity index is 2.39. The molecule has 0 aliphatic carbocycles. The number of hydrogen-bond donors (Lipinski definition) is 1. The summed E-state index contributed by atoms with van der Waals surface area (Å²) >= 11 is 0. The summed E-state index contributed by atoms with van der Waals surface area (Å²) in [6.07, 6.45) is -1.29. The Morgan fingerprint density at radius 3 is 2.82 bits per heavy atom. The molecule has 1 aliphatic heterocycles. The molecule has 1 aliphatic rings. The SMILES string of the molecule is CO/N=C(/C(=O)O)c1ccccc1OC1=NC=NC(=O)C1F. The second kappa shape index (κ2) is 6.57. The highest BCUT2D eigenvalue weighted by Crippen LogP contribution is 2.21. The number of para-hydroxylation sites is 1. The van der Waals surface area contributed by atoms with Gasteiger partial charge in [0.1, 0.15) is 19.2 Å². The van der Waals surface area contributed by atoms with Crippen molar-refractivity contribution in [2.45, 2.75) is 6.17 Å². The van der Waals surface area contributed by atoms with Gasteiger partial charge in [0, 0.05) is 0 Å². The molecule has 0 fully saturated rings. The Kier molecular flexibility index (Phi) is 4.57. The van der Waals surface area contributed by atoms with Gasteiger partial charge in [-0.25, -0.2) is 14.2 Å². The molecule has 1 atom stereocenters. The summed E-state index contributed by atoms with van der Waals surface area (Å²) in [6, 6.07) is 5.86. The fraction of sp³-hybridized carbons (Fsp3) is 0.154. The van der Waals surface area contributed by atoms with E-state index >= 15 is 0 Å². The zero-order chi connectivity index (χ0) is 16.1. The number of benzene rings is 1. The van der Waals surface area contributed by atoms with E-state index < -0.39 is 29.7 Å². The first-order valence-corrected chi connectivity index (χ1v) is 5.94. The number of aliphatic imine (C=N–C) groups is 2. The van der Waals surface area contributed by atoms with E-state index in [1.807, 2.05) is 0 Å². The van der Waals surface area contributed by atoms with Crippen LogP contribution in [0.5, 0.6) is 5.75 Å². The highest BCUT2D eigenvalue weighted by Gasteiger charge is 2.29. The molecule has 9 heteroatoms. The van der Waals surface area contributed by atoms with Gasteiger partial charge >= 0.3 is 5.97 Å². The van der Waals surface area contributed by atoms with E-state index in [0.29, 0.717) is 0 Å². The van der Waals surface area contributed by atoms with E-state index in [1.54, 1.807) is 6.07 Å². The molecule has 1 amide bonds. The maximum absolute atomic E-state index is 13.7. The van der Waals surface area contributed by atoms with Gasteiger partial charge in [-0.05, 0) is 12.1 Å². The normalized spacial score (nSPS) is 17.9. The third-order valence-electron chi connectivity index (χ3n) is 2.55. The standard InChI is InChI=1S/C13H10FN3O5/c1-21-17-10(13(19)20)7-4-2-3-5-8(7)22-12-9(14)11(18)15-6-16-12/h2-6,9H,1H3,(H,19,20)/b17-10+. The molecule has 1 N–H and O–H groups in total. The number of carboxylic acid groups (broad SMARTS) is 1. The number of oxime groups is 1. The molecule has 0 saturated heterocycles. The molecule has 0 radical (unpaired) electrons. The van der Waals surface area contributed by atoms with Crippen molar-refractivity contribution in [3.8, 4) is 5.75 Å². The number of amides is 1. The van der Waals surface area contributed by atoms with Gasteiger partial charge < -0.3 is 14.7 Å². The number of ether oxygens (including phenoxy) is 1. The van der Waals surface area contributed by atoms with Gasteiger partial charge in [-0.15, -0.1) is 0 Å². The largest absolute Gasteiger partial charge is 0.476 e. The summed E-state index contributed by atoms with van der Waals surface area (Å²) in [4.78, 5) is 33.5. The summed E-state index contributed by atoms with van der Waals surface area (Å²) < 4.78 is 18.9. The monoisotopic (exact) mass is 307 g/mol. The molecular weight excluding hydrogens is 297 g/mol. The first kappa shape index (κ1) is 15.3. The third-order valence-corrected chi connectivity index (χ3v) is 2.55. The van der Waals surface area contributed by atoms with Gasteiger partial charge in [-0.3, -0.25) is 4.79 Å². The molecule has 0 aromatic heterocycles. The van der Waals surface area contributed by atoms with E-state index in [-0.39, 0.29) is 11.3 Å². The zero-order valence-electron chi connectivity index (χ0n) is 11.3. The lowest BCUT2D eigenvalue weighted by atomic mass is 10.1. The molecule has 0 saturated carbocycles. The first-order valence-electron chi connectivity index (χ1n) is 5.94. The Hall–Kier alpha value is -3.10. The van der Waals surface area contributed by atoms with Crippen molar-refractivity contribution in [3.63, 3.8) is 0 Å². The van der Waals surface area contributed by atoms with Gasteiger partial charge in [-0.1, -0.05) is 17.3 Å². The van der Waals surface area contributed by atoms with E-state index in [0.717, 1.165) is 6.34 Å². The van der Waals surface area contributed by atoms with E-state index in [4.69, 9.17) is 9.84 Å². The summed E-state index contributed by atoms with van der Waals surface area (Å²) in [5, 5.41) is 12.5. The van der Waals surface area contributed by atoms with Gasteiger partial charge in [0.05, 0.1) is 5.56 Å². The highest BCUT2D eigenvalue weighted by molar-refractivity contribution is 6.43. The van der Waals surface area contributed by atoms with Crippen LogP contribution in [0.2, 0.25) is 0 Å². The van der Waals surface area contributed by atoms with Crippen LogP contribution in [0.3, 0.4) is 0 Å². The molecule has 114 valence electrons. The lowest BCUT2D eigenvalue weighted by Gasteiger charge is -2.14. The molecule has 2 rings (SSSR count). The van der Waals surface area contributed by atoms with Crippen LogP contribution in [0.4, 0.5) is 4.39 Å². The number of rotatable bonds is 4. The summed E-state index contributed by atoms with van der Waals surface area (Å²) in [5.74, 6) is -2.98. The quantitative estimate of drug-likeness (QED) is 0.653. The second-order valence-electron chi connectivity index (χ2n) is 3.94. The number of carbonyl (C=O) groups excluding carboxylic acids is 1. The van der Waals surface area contributed by atoms with Crippen LogP contribution >= 0.6 is 0 Å².